The minimum absolute atomic E-state index is 0.330. The first-order valence-corrected chi connectivity index (χ1v) is 8.64. The quantitative estimate of drug-likeness (QED) is 0.471. The van der Waals surface area contributed by atoms with Crippen LogP contribution in [0.1, 0.15) is 17.0 Å². The highest BCUT2D eigenvalue weighted by molar-refractivity contribution is 5.79. The van der Waals surface area contributed by atoms with Crippen molar-refractivity contribution in [3.8, 4) is 5.82 Å². The molecule has 0 radical (unpaired) electrons. The monoisotopic (exact) mass is 401 g/mol. The minimum atomic E-state index is -4.40. The predicted octanol–water partition coefficient (Wildman–Crippen LogP) is 5.33. The van der Waals surface area contributed by atoms with Gasteiger partial charge in [0.15, 0.2) is 11.6 Å². The zero-order chi connectivity index (χ0) is 20.8. The Kier molecular flexibility index (Phi) is 4.45. The van der Waals surface area contributed by atoms with Crippen LogP contribution in [0, 0.1) is 19.7 Å². The molecule has 0 atom stereocenters. The molecule has 1 N–H and O–H groups in total. The van der Waals surface area contributed by atoms with Crippen molar-refractivity contribution < 1.29 is 17.6 Å². The molecule has 4 rings (SSSR count). The molecule has 148 valence electrons. The van der Waals surface area contributed by atoms with Gasteiger partial charge in [-0.3, -0.25) is 9.55 Å². The number of hydrogen-bond donors (Lipinski definition) is 1. The normalized spacial score (nSPS) is 11.8. The van der Waals surface area contributed by atoms with E-state index in [2.05, 4.69) is 20.3 Å². The second kappa shape index (κ2) is 6.84. The molecule has 0 unspecified atom stereocenters. The molecule has 0 aliphatic carbocycles. The predicted molar refractivity (Wildman–Crippen MR) is 101 cm³/mol. The topological polar surface area (TPSA) is 55.6 Å². The van der Waals surface area contributed by atoms with E-state index in [-0.39, 0.29) is 5.82 Å². The maximum atomic E-state index is 14.1. The van der Waals surface area contributed by atoms with Gasteiger partial charge in [0.05, 0.1) is 29.0 Å². The number of halogens is 4. The van der Waals surface area contributed by atoms with Crippen molar-refractivity contribution >= 4 is 22.5 Å². The fourth-order valence-corrected chi connectivity index (χ4v) is 3.03. The van der Waals surface area contributed by atoms with Crippen LogP contribution in [0.15, 0.2) is 48.8 Å². The van der Waals surface area contributed by atoms with Crippen molar-refractivity contribution in [1.29, 1.82) is 0 Å². The average Bonchev–Trinajstić information content (AvgIpc) is 2.97. The largest absolute Gasteiger partial charge is 0.416 e. The molecule has 29 heavy (non-hydrogen) atoms. The Bertz CT molecular complexity index is 1200. The summed E-state index contributed by atoms with van der Waals surface area (Å²) in [6.45, 7) is 3.43. The number of aromatic nitrogens is 4. The van der Waals surface area contributed by atoms with Crippen molar-refractivity contribution in [2.24, 2.45) is 0 Å². The van der Waals surface area contributed by atoms with Gasteiger partial charge in [-0.05, 0) is 49.7 Å². The van der Waals surface area contributed by atoms with E-state index in [0.29, 0.717) is 39.7 Å². The highest BCUT2D eigenvalue weighted by atomic mass is 19.4. The van der Waals surface area contributed by atoms with Crippen LogP contribution in [0.4, 0.5) is 29.1 Å². The molecular formula is C20H15F4N5. The highest BCUT2D eigenvalue weighted by Crippen LogP contribution is 2.30. The number of rotatable bonds is 3. The summed E-state index contributed by atoms with van der Waals surface area (Å²) in [5.41, 5.74) is 1.36. The Labute approximate surface area is 163 Å². The molecule has 5 nitrogen and oxygen atoms in total. The zero-order valence-corrected chi connectivity index (χ0v) is 15.4. The van der Waals surface area contributed by atoms with Gasteiger partial charge in [0.25, 0.3) is 0 Å². The number of anilines is 2. The molecule has 2 aromatic carbocycles. The molecule has 0 saturated carbocycles. The van der Waals surface area contributed by atoms with Crippen LogP contribution >= 0.6 is 0 Å². The van der Waals surface area contributed by atoms with Gasteiger partial charge in [0.2, 0.25) is 0 Å². The Balaban J connectivity index is 1.69. The number of benzene rings is 2. The first kappa shape index (κ1) is 18.9. The van der Waals surface area contributed by atoms with Crippen LogP contribution in [-0.4, -0.2) is 19.5 Å². The van der Waals surface area contributed by atoms with Crippen LogP contribution in [0.5, 0.6) is 0 Å². The van der Waals surface area contributed by atoms with Gasteiger partial charge >= 0.3 is 6.18 Å². The number of aryl methyl sites for hydroxylation is 2. The average molecular weight is 401 g/mol. The molecule has 0 saturated heterocycles. The molecular weight excluding hydrogens is 386 g/mol. The molecule has 4 aromatic rings. The second-order valence-corrected chi connectivity index (χ2v) is 6.55. The third-order valence-corrected chi connectivity index (χ3v) is 4.44. The third-order valence-electron chi connectivity index (χ3n) is 4.44. The summed E-state index contributed by atoms with van der Waals surface area (Å²) >= 11 is 0. The van der Waals surface area contributed by atoms with Crippen molar-refractivity contribution in [3.63, 3.8) is 0 Å². The highest BCUT2D eigenvalue weighted by Gasteiger charge is 2.29. The SMILES string of the molecule is Cc1cc2nc(C)n(-c3cncc(Nc4ccc(C(F)(F)F)cc4)n3)c2cc1F. The summed E-state index contributed by atoms with van der Waals surface area (Å²) in [5.74, 6) is 0.984. The third kappa shape index (κ3) is 3.63. The first-order chi connectivity index (χ1) is 13.7. The summed E-state index contributed by atoms with van der Waals surface area (Å²) in [6.07, 6.45) is -1.45. The number of hydrogen-bond acceptors (Lipinski definition) is 4. The summed E-state index contributed by atoms with van der Waals surface area (Å²) in [4.78, 5) is 13.0. The summed E-state index contributed by atoms with van der Waals surface area (Å²) in [7, 11) is 0. The van der Waals surface area contributed by atoms with Gasteiger partial charge in [-0.15, -0.1) is 0 Å². The van der Waals surface area contributed by atoms with Crippen LogP contribution in [-0.2, 0) is 6.18 Å². The molecule has 0 amide bonds. The Morgan fingerprint density at radius 1 is 0.966 bits per heavy atom. The summed E-state index contributed by atoms with van der Waals surface area (Å²) in [5, 5.41) is 2.92. The van der Waals surface area contributed by atoms with Crippen LogP contribution < -0.4 is 5.32 Å². The van der Waals surface area contributed by atoms with E-state index in [4.69, 9.17) is 0 Å². The number of nitrogens with zero attached hydrogens (tertiary/aromatic N) is 4. The fraction of sp³-hybridized carbons (Fsp3) is 0.150. The standard InChI is InChI=1S/C20H15F4N5/c1-11-7-16-17(8-15(11)21)29(12(2)26-16)19-10-25-9-18(28-19)27-14-5-3-13(4-6-14)20(22,23)24/h3-10H,1-2H3,(H,27,28). The van der Waals surface area contributed by atoms with E-state index in [1.165, 1.54) is 30.6 Å². The minimum Gasteiger partial charge on any atom is -0.339 e. The van der Waals surface area contributed by atoms with Crippen LogP contribution in [0.25, 0.3) is 16.9 Å². The van der Waals surface area contributed by atoms with E-state index in [1.54, 1.807) is 24.5 Å². The maximum Gasteiger partial charge on any atom is 0.416 e. The lowest BCUT2D eigenvalue weighted by Gasteiger charge is -2.11. The van der Waals surface area contributed by atoms with Gasteiger partial charge in [0.1, 0.15) is 11.6 Å². The number of nitrogens with one attached hydrogen (secondary N) is 1. The van der Waals surface area contributed by atoms with E-state index >= 15 is 0 Å². The smallest absolute Gasteiger partial charge is 0.339 e. The van der Waals surface area contributed by atoms with Gasteiger partial charge in [-0.2, -0.15) is 13.2 Å². The van der Waals surface area contributed by atoms with Crippen molar-refractivity contribution in [3.05, 3.63) is 71.6 Å². The van der Waals surface area contributed by atoms with Crippen molar-refractivity contribution in [2.45, 2.75) is 20.0 Å². The fourth-order valence-electron chi connectivity index (χ4n) is 3.03. The van der Waals surface area contributed by atoms with E-state index in [0.717, 1.165) is 12.1 Å². The van der Waals surface area contributed by atoms with Gasteiger partial charge in [-0.25, -0.2) is 14.4 Å². The second-order valence-electron chi connectivity index (χ2n) is 6.55. The molecule has 2 heterocycles. The maximum absolute atomic E-state index is 14.1. The zero-order valence-electron chi connectivity index (χ0n) is 15.4. The van der Waals surface area contributed by atoms with E-state index in [1.807, 2.05) is 0 Å². The number of imidazole rings is 1. The lowest BCUT2D eigenvalue weighted by Crippen LogP contribution is -2.05. The Morgan fingerprint density at radius 2 is 1.69 bits per heavy atom. The van der Waals surface area contributed by atoms with Crippen LogP contribution in [0.2, 0.25) is 0 Å². The van der Waals surface area contributed by atoms with Crippen LogP contribution in [0.3, 0.4) is 0 Å². The van der Waals surface area contributed by atoms with E-state index < -0.39 is 11.7 Å². The van der Waals surface area contributed by atoms with Crippen molar-refractivity contribution in [1.82, 2.24) is 19.5 Å². The van der Waals surface area contributed by atoms with Crippen molar-refractivity contribution in [2.75, 3.05) is 5.32 Å². The molecule has 0 fully saturated rings. The molecule has 0 aliphatic heterocycles. The summed E-state index contributed by atoms with van der Waals surface area (Å²) < 4.78 is 53.8. The molecule has 2 aromatic heterocycles. The summed E-state index contributed by atoms with van der Waals surface area (Å²) in [6, 6.07) is 7.64. The lowest BCUT2D eigenvalue weighted by molar-refractivity contribution is -0.137. The lowest BCUT2D eigenvalue weighted by atomic mass is 10.2. The molecule has 0 aliphatic rings. The van der Waals surface area contributed by atoms with E-state index in [9.17, 15) is 17.6 Å². The number of alkyl halides is 3. The number of fused-ring (bicyclic) bond motifs is 1. The van der Waals surface area contributed by atoms with Gasteiger partial charge in [-0.1, -0.05) is 0 Å². The van der Waals surface area contributed by atoms with Gasteiger partial charge < -0.3 is 5.32 Å². The molecule has 0 spiro atoms. The Hall–Kier alpha value is -3.49. The first-order valence-electron chi connectivity index (χ1n) is 8.64. The Morgan fingerprint density at radius 3 is 2.38 bits per heavy atom. The van der Waals surface area contributed by atoms with Gasteiger partial charge in [0, 0.05) is 11.8 Å². The molecule has 0 bridgehead atoms. The molecule has 9 heteroatoms.